The third kappa shape index (κ3) is 10.6. The van der Waals surface area contributed by atoms with E-state index in [-0.39, 0.29) is 30.6 Å². The van der Waals surface area contributed by atoms with Crippen molar-refractivity contribution in [2.75, 3.05) is 52.4 Å². The Balaban J connectivity index is 0.00000576. The number of hydrogen-bond donors (Lipinski definition) is 2. The lowest BCUT2D eigenvalue weighted by Gasteiger charge is -2.37. The molecule has 0 saturated carbocycles. The van der Waals surface area contributed by atoms with Crippen molar-refractivity contribution in [3.8, 4) is 0 Å². The number of piperazine rings is 1. The van der Waals surface area contributed by atoms with Gasteiger partial charge in [0, 0.05) is 52.4 Å². The van der Waals surface area contributed by atoms with Crippen molar-refractivity contribution in [1.29, 1.82) is 0 Å². The quantitative estimate of drug-likeness (QED) is 0.311. The Morgan fingerprint density at radius 3 is 2.20 bits per heavy atom. The van der Waals surface area contributed by atoms with Crippen LogP contribution in [0, 0.1) is 17.8 Å². The van der Waals surface area contributed by atoms with Crippen molar-refractivity contribution in [1.82, 2.24) is 15.1 Å². The van der Waals surface area contributed by atoms with E-state index < -0.39 is 0 Å². The Hall–Kier alpha value is -0.0800. The highest BCUT2D eigenvalue weighted by atomic mass is 127. The maximum atomic E-state index is 9.29. The number of nitrogens with one attached hydrogen (secondary N) is 1. The Labute approximate surface area is 172 Å². The van der Waals surface area contributed by atoms with E-state index in [0.29, 0.717) is 11.8 Å². The number of rotatable bonds is 9. The van der Waals surface area contributed by atoms with Gasteiger partial charge in [-0.25, -0.2) is 0 Å². The molecule has 5 nitrogen and oxygen atoms in total. The van der Waals surface area contributed by atoms with E-state index in [4.69, 9.17) is 4.99 Å². The van der Waals surface area contributed by atoms with Gasteiger partial charge in [0.1, 0.15) is 0 Å². The molecule has 0 aromatic rings. The minimum atomic E-state index is 0. The van der Waals surface area contributed by atoms with Crippen molar-refractivity contribution in [2.45, 2.75) is 47.5 Å². The van der Waals surface area contributed by atoms with E-state index in [1.54, 1.807) is 0 Å². The lowest BCUT2D eigenvalue weighted by molar-refractivity contribution is 0.163. The molecule has 2 N–H and O–H groups in total. The zero-order chi connectivity index (χ0) is 17.9. The van der Waals surface area contributed by atoms with E-state index in [1.807, 2.05) is 0 Å². The standard InChI is InChI=1S/C19H40N4O.HI/c1-6-20-19(21-14-18(7-12-24)13-16(2)3)23-10-8-22(9-11-23)15-17(4)5;/h16-18,24H,6-15H2,1-5H3,(H,20,21);1H. The average Bonchev–Trinajstić information content (AvgIpc) is 2.51. The van der Waals surface area contributed by atoms with Crippen LogP contribution in [0.25, 0.3) is 0 Å². The minimum Gasteiger partial charge on any atom is -0.396 e. The van der Waals surface area contributed by atoms with Gasteiger partial charge in [0.15, 0.2) is 5.96 Å². The molecule has 0 aromatic heterocycles. The summed E-state index contributed by atoms with van der Waals surface area (Å²) >= 11 is 0. The summed E-state index contributed by atoms with van der Waals surface area (Å²) in [5, 5.41) is 12.7. The van der Waals surface area contributed by atoms with Gasteiger partial charge in [-0.05, 0) is 37.5 Å². The van der Waals surface area contributed by atoms with Crippen LogP contribution in [-0.2, 0) is 0 Å². The molecule has 0 spiro atoms. The van der Waals surface area contributed by atoms with Crippen molar-refractivity contribution < 1.29 is 5.11 Å². The highest BCUT2D eigenvalue weighted by molar-refractivity contribution is 14.0. The molecule has 0 aliphatic carbocycles. The summed E-state index contributed by atoms with van der Waals surface area (Å²) in [6.45, 7) is 18.7. The van der Waals surface area contributed by atoms with Gasteiger partial charge in [0.05, 0.1) is 0 Å². The van der Waals surface area contributed by atoms with Crippen LogP contribution in [-0.4, -0.2) is 73.3 Å². The van der Waals surface area contributed by atoms with Gasteiger partial charge in [-0.1, -0.05) is 27.7 Å². The summed E-state index contributed by atoms with van der Waals surface area (Å²) in [6.07, 6.45) is 1.98. The van der Waals surface area contributed by atoms with Gasteiger partial charge in [-0.15, -0.1) is 24.0 Å². The maximum Gasteiger partial charge on any atom is 0.194 e. The minimum absolute atomic E-state index is 0. The molecule has 0 radical (unpaired) electrons. The van der Waals surface area contributed by atoms with E-state index in [2.05, 4.69) is 49.7 Å². The smallest absolute Gasteiger partial charge is 0.194 e. The molecule has 1 heterocycles. The summed E-state index contributed by atoms with van der Waals surface area (Å²) in [5.41, 5.74) is 0. The van der Waals surface area contributed by atoms with Crippen LogP contribution in [0.3, 0.4) is 0 Å². The van der Waals surface area contributed by atoms with Crippen LogP contribution < -0.4 is 5.32 Å². The van der Waals surface area contributed by atoms with E-state index >= 15 is 0 Å². The maximum absolute atomic E-state index is 9.29. The number of hydrogen-bond acceptors (Lipinski definition) is 3. The number of nitrogens with zero attached hydrogens (tertiary/aromatic N) is 3. The number of aliphatic hydroxyl groups is 1. The van der Waals surface area contributed by atoms with Gasteiger partial charge in [-0.3, -0.25) is 9.89 Å². The number of halogens is 1. The lowest BCUT2D eigenvalue weighted by Crippen LogP contribution is -2.53. The van der Waals surface area contributed by atoms with Gasteiger partial charge >= 0.3 is 0 Å². The molecule has 0 bridgehead atoms. The largest absolute Gasteiger partial charge is 0.396 e. The SMILES string of the molecule is CCNC(=NCC(CCO)CC(C)C)N1CCN(CC(C)C)CC1.I. The summed E-state index contributed by atoms with van der Waals surface area (Å²) in [4.78, 5) is 9.85. The van der Waals surface area contributed by atoms with Gasteiger partial charge in [0.25, 0.3) is 0 Å². The molecule has 0 amide bonds. The van der Waals surface area contributed by atoms with Gasteiger partial charge < -0.3 is 15.3 Å². The summed E-state index contributed by atoms with van der Waals surface area (Å²) in [5.74, 6) is 2.91. The van der Waals surface area contributed by atoms with E-state index in [0.717, 1.165) is 64.0 Å². The fraction of sp³-hybridized carbons (Fsp3) is 0.947. The Morgan fingerprint density at radius 1 is 1.08 bits per heavy atom. The second-order valence-electron chi connectivity index (χ2n) is 7.88. The summed E-state index contributed by atoms with van der Waals surface area (Å²) < 4.78 is 0. The normalized spacial score (nSPS) is 17.8. The first-order valence-corrected chi connectivity index (χ1v) is 9.82. The molecule has 25 heavy (non-hydrogen) atoms. The number of guanidine groups is 1. The van der Waals surface area contributed by atoms with Crippen molar-refractivity contribution in [3.63, 3.8) is 0 Å². The van der Waals surface area contributed by atoms with Crippen LogP contribution in [0.1, 0.15) is 47.5 Å². The average molecular weight is 468 g/mol. The first kappa shape index (κ1) is 24.9. The van der Waals surface area contributed by atoms with Crippen LogP contribution in [0.2, 0.25) is 0 Å². The molecule has 1 unspecified atom stereocenters. The third-order valence-corrected chi connectivity index (χ3v) is 4.47. The highest BCUT2D eigenvalue weighted by Gasteiger charge is 2.20. The Morgan fingerprint density at radius 2 is 1.72 bits per heavy atom. The first-order valence-electron chi connectivity index (χ1n) is 9.82. The van der Waals surface area contributed by atoms with Crippen LogP contribution in [0.5, 0.6) is 0 Å². The van der Waals surface area contributed by atoms with Crippen LogP contribution in [0.15, 0.2) is 4.99 Å². The number of aliphatic imine (C=N–C) groups is 1. The molecular weight excluding hydrogens is 427 g/mol. The van der Waals surface area contributed by atoms with E-state index in [1.165, 1.54) is 6.54 Å². The summed E-state index contributed by atoms with van der Waals surface area (Å²) in [7, 11) is 0. The Bertz CT molecular complexity index is 355. The van der Waals surface area contributed by atoms with Gasteiger partial charge in [0.2, 0.25) is 0 Å². The van der Waals surface area contributed by atoms with Crippen LogP contribution >= 0.6 is 24.0 Å². The predicted molar refractivity (Wildman–Crippen MR) is 119 cm³/mol. The highest BCUT2D eigenvalue weighted by Crippen LogP contribution is 2.16. The zero-order valence-corrected chi connectivity index (χ0v) is 19.3. The van der Waals surface area contributed by atoms with Crippen LogP contribution in [0.4, 0.5) is 0 Å². The zero-order valence-electron chi connectivity index (χ0n) is 17.0. The molecule has 1 fully saturated rings. The van der Waals surface area contributed by atoms with Gasteiger partial charge in [-0.2, -0.15) is 0 Å². The molecule has 1 rings (SSSR count). The first-order chi connectivity index (χ1) is 11.5. The Kier molecular flexibility index (Phi) is 14.0. The molecule has 1 aliphatic rings. The topological polar surface area (TPSA) is 51.1 Å². The second kappa shape index (κ2) is 14.0. The molecule has 1 aliphatic heterocycles. The fourth-order valence-electron chi connectivity index (χ4n) is 3.43. The van der Waals surface area contributed by atoms with Crippen molar-refractivity contribution in [3.05, 3.63) is 0 Å². The summed E-state index contributed by atoms with van der Waals surface area (Å²) in [6, 6.07) is 0. The molecule has 1 atom stereocenters. The van der Waals surface area contributed by atoms with E-state index in [9.17, 15) is 5.11 Å². The monoisotopic (exact) mass is 468 g/mol. The van der Waals surface area contributed by atoms with Crippen molar-refractivity contribution in [2.24, 2.45) is 22.7 Å². The number of aliphatic hydroxyl groups excluding tert-OH is 1. The molecule has 0 aromatic carbocycles. The second-order valence-corrected chi connectivity index (χ2v) is 7.88. The molecule has 6 heteroatoms. The molecular formula is C19H41IN4O. The van der Waals surface area contributed by atoms with Crippen molar-refractivity contribution >= 4 is 29.9 Å². The molecule has 150 valence electrons. The predicted octanol–water partition coefficient (Wildman–Crippen LogP) is 2.89. The third-order valence-electron chi connectivity index (χ3n) is 4.47. The lowest BCUT2D eigenvalue weighted by atomic mass is 9.94. The fourth-order valence-corrected chi connectivity index (χ4v) is 3.43. The molecule has 1 saturated heterocycles.